The molecular formula is C14H21ClN4O. The van der Waals surface area contributed by atoms with Crippen molar-refractivity contribution in [1.29, 1.82) is 0 Å². The number of aromatic nitrogens is 2. The molecule has 0 aromatic carbocycles. The van der Waals surface area contributed by atoms with Crippen LogP contribution in [0.2, 0.25) is 5.15 Å². The highest BCUT2D eigenvalue weighted by atomic mass is 35.5. The Balaban J connectivity index is 2.29. The fraction of sp³-hybridized carbons (Fsp3) is 0.643. The van der Waals surface area contributed by atoms with E-state index in [2.05, 4.69) is 29.0 Å². The number of aldehydes is 1. The third kappa shape index (κ3) is 2.65. The smallest absolute Gasteiger partial charge is 0.156 e. The van der Waals surface area contributed by atoms with Gasteiger partial charge in [-0.25, -0.2) is 9.97 Å². The Morgan fingerprint density at radius 2 is 1.95 bits per heavy atom. The lowest BCUT2D eigenvalue weighted by molar-refractivity contribution is 0.0681. The van der Waals surface area contributed by atoms with Gasteiger partial charge in [-0.3, -0.25) is 4.79 Å². The summed E-state index contributed by atoms with van der Waals surface area (Å²) in [5.41, 5.74) is 0.535. The van der Waals surface area contributed by atoms with E-state index in [1.54, 1.807) is 6.92 Å². The third-order valence-corrected chi connectivity index (χ3v) is 4.52. The summed E-state index contributed by atoms with van der Waals surface area (Å²) in [6.45, 7) is 2.61. The van der Waals surface area contributed by atoms with E-state index in [0.717, 1.165) is 12.8 Å². The first kappa shape index (κ1) is 15.2. The number of rotatable bonds is 5. The summed E-state index contributed by atoms with van der Waals surface area (Å²) in [6.07, 6.45) is 4.31. The van der Waals surface area contributed by atoms with Crippen LogP contribution >= 0.6 is 11.6 Å². The molecule has 6 heteroatoms. The molecule has 0 atom stereocenters. The van der Waals surface area contributed by atoms with Crippen LogP contribution in [-0.4, -0.2) is 54.4 Å². The van der Waals surface area contributed by atoms with Gasteiger partial charge in [0, 0.05) is 19.1 Å². The summed E-state index contributed by atoms with van der Waals surface area (Å²) in [6, 6.07) is 0. The monoisotopic (exact) mass is 296 g/mol. The first-order chi connectivity index (χ1) is 9.39. The average molecular weight is 297 g/mol. The topological polar surface area (TPSA) is 49.3 Å². The SMILES string of the molecule is Cc1nc(Cl)c(C=O)c(N(C)CC2(N(C)C)CCC2)n1. The molecule has 0 spiro atoms. The minimum Gasteiger partial charge on any atom is -0.357 e. The molecule has 20 heavy (non-hydrogen) atoms. The highest BCUT2D eigenvalue weighted by Gasteiger charge is 2.40. The second-order valence-corrected chi connectivity index (χ2v) is 6.10. The van der Waals surface area contributed by atoms with Crippen LogP contribution in [0, 0.1) is 6.92 Å². The highest BCUT2D eigenvalue weighted by molar-refractivity contribution is 6.32. The molecule has 0 aliphatic heterocycles. The Hall–Kier alpha value is -1.20. The van der Waals surface area contributed by atoms with Crippen LogP contribution in [0.25, 0.3) is 0 Å². The Labute approximate surface area is 124 Å². The van der Waals surface area contributed by atoms with E-state index in [0.29, 0.717) is 17.2 Å². The van der Waals surface area contributed by atoms with Crippen LogP contribution in [0.3, 0.4) is 0 Å². The van der Waals surface area contributed by atoms with Crippen LogP contribution in [0.15, 0.2) is 0 Å². The van der Waals surface area contributed by atoms with Crippen LogP contribution in [0.1, 0.15) is 35.4 Å². The minimum absolute atomic E-state index is 0.167. The predicted octanol–water partition coefficient (Wildman–Crippen LogP) is 2.17. The van der Waals surface area contributed by atoms with Crippen LogP contribution in [0.4, 0.5) is 5.82 Å². The second kappa shape index (κ2) is 5.66. The van der Waals surface area contributed by atoms with E-state index in [9.17, 15) is 4.79 Å². The maximum absolute atomic E-state index is 11.2. The molecule has 1 aromatic rings. The zero-order valence-electron chi connectivity index (χ0n) is 12.5. The summed E-state index contributed by atoms with van der Waals surface area (Å²) in [5.74, 6) is 1.19. The van der Waals surface area contributed by atoms with Crippen molar-refractivity contribution in [2.24, 2.45) is 0 Å². The average Bonchev–Trinajstić information content (AvgIpc) is 2.32. The van der Waals surface area contributed by atoms with Gasteiger partial charge in [0.25, 0.3) is 0 Å². The Morgan fingerprint density at radius 3 is 2.40 bits per heavy atom. The fourth-order valence-electron chi connectivity index (χ4n) is 2.77. The van der Waals surface area contributed by atoms with E-state index in [1.165, 1.54) is 19.3 Å². The van der Waals surface area contributed by atoms with Crippen LogP contribution < -0.4 is 4.90 Å². The molecule has 0 unspecified atom stereocenters. The van der Waals surface area contributed by atoms with Crippen molar-refractivity contribution in [3.05, 3.63) is 16.5 Å². The van der Waals surface area contributed by atoms with E-state index in [-0.39, 0.29) is 10.7 Å². The summed E-state index contributed by atoms with van der Waals surface area (Å²) >= 11 is 6.04. The van der Waals surface area contributed by atoms with Gasteiger partial charge in [0.05, 0.1) is 5.56 Å². The molecule has 1 saturated carbocycles. The molecule has 1 aliphatic carbocycles. The lowest BCUT2D eigenvalue weighted by atomic mass is 9.75. The first-order valence-corrected chi connectivity index (χ1v) is 7.15. The minimum atomic E-state index is 0.167. The van der Waals surface area contributed by atoms with E-state index >= 15 is 0 Å². The van der Waals surface area contributed by atoms with Crippen molar-refractivity contribution in [2.45, 2.75) is 31.7 Å². The molecule has 0 bridgehead atoms. The quantitative estimate of drug-likeness (QED) is 0.616. The molecular weight excluding hydrogens is 276 g/mol. The summed E-state index contributed by atoms with van der Waals surface area (Å²) in [7, 11) is 6.16. The summed E-state index contributed by atoms with van der Waals surface area (Å²) < 4.78 is 0. The zero-order chi connectivity index (χ0) is 14.9. The summed E-state index contributed by atoms with van der Waals surface area (Å²) in [5, 5.41) is 0.224. The van der Waals surface area contributed by atoms with Gasteiger partial charge in [0.1, 0.15) is 16.8 Å². The number of hydrogen-bond acceptors (Lipinski definition) is 5. The molecule has 2 rings (SSSR count). The van der Waals surface area contributed by atoms with Crippen LogP contribution in [0.5, 0.6) is 0 Å². The van der Waals surface area contributed by atoms with Crippen molar-refractivity contribution in [2.75, 3.05) is 32.6 Å². The molecule has 1 aromatic heterocycles. The number of likely N-dealkylation sites (N-methyl/N-ethyl adjacent to an activating group) is 2. The number of aryl methyl sites for hydroxylation is 1. The van der Waals surface area contributed by atoms with Gasteiger partial charge in [-0.15, -0.1) is 0 Å². The standard InChI is InChI=1S/C14H21ClN4O/c1-10-16-12(15)11(8-20)13(17-10)19(4)9-14(18(2)3)6-5-7-14/h8H,5-7,9H2,1-4H3. The molecule has 1 fully saturated rings. The number of hydrogen-bond donors (Lipinski definition) is 0. The van der Waals surface area contributed by atoms with Crippen molar-refractivity contribution in [3.8, 4) is 0 Å². The molecule has 1 heterocycles. The van der Waals surface area contributed by atoms with E-state index in [4.69, 9.17) is 11.6 Å². The Morgan fingerprint density at radius 1 is 1.30 bits per heavy atom. The van der Waals surface area contributed by atoms with Crippen LogP contribution in [-0.2, 0) is 0 Å². The van der Waals surface area contributed by atoms with Gasteiger partial charge in [-0.1, -0.05) is 11.6 Å². The molecule has 5 nitrogen and oxygen atoms in total. The molecule has 1 aliphatic rings. The van der Waals surface area contributed by atoms with Crippen molar-refractivity contribution in [3.63, 3.8) is 0 Å². The maximum Gasteiger partial charge on any atom is 0.156 e. The maximum atomic E-state index is 11.2. The molecule has 0 N–H and O–H groups in total. The zero-order valence-corrected chi connectivity index (χ0v) is 13.2. The van der Waals surface area contributed by atoms with Crippen molar-refractivity contribution >= 4 is 23.7 Å². The predicted molar refractivity (Wildman–Crippen MR) is 80.7 cm³/mol. The number of anilines is 1. The molecule has 0 saturated heterocycles. The van der Waals surface area contributed by atoms with Crippen molar-refractivity contribution in [1.82, 2.24) is 14.9 Å². The van der Waals surface area contributed by atoms with Gasteiger partial charge in [0.2, 0.25) is 0 Å². The Bertz CT molecular complexity index is 514. The third-order valence-electron chi connectivity index (χ3n) is 4.23. The van der Waals surface area contributed by atoms with Gasteiger partial charge in [-0.2, -0.15) is 0 Å². The Kier molecular flexibility index (Phi) is 4.30. The second-order valence-electron chi connectivity index (χ2n) is 5.75. The van der Waals surface area contributed by atoms with E-state index < -0.39 is 0 Å². The summed E-state index contributed by atoms with van der Waals surface area (Å²) in [4.78, 5) is 24.0. The lowest BCUT2D eigenvalue weighted by Gasteiger charge is -2.49. The molecule has 110 valence electrons. The number of halogens is 1. The van der Waals surface area contributed by atoms with Gasteiger partial charge >= 0.3 is 0 Å². The van der Waals surface area contributed by atoms with Crippen molar-refractivity contribution < 1.29 is 4.79 Å². The van der Waals surface area contributed by atoms with Gasteiger partial charge < -0.3 is 9.80 Å². The lowest BCUT2D eigenvalue weighted by Crippen LogP contribution is -2.57. The van der Waals surface area contributed by atoms with E-state index in [1.807, 2.05) is 11.9 Å². The van der Waals surface area contributed by atoms with Gasteiger partial charge in [0.15, 0.2) is 6.29 Å². The first-order valence-electron chi connectivity index (χ1n) is 6.77. The largest absolute Gasteiger partial charge is 0.357 e. The molecule has 0 radical (unpaired) electrons. The number of nitrogens with zero attached hydrogens (tertiary/aromatic N) is 4. The highest BCUT2D eigenvalue weighted by Crippen LogP contribution is 2.37. The molecule has 0 amide bonds. The van der Waals surface area contributed by atoms with Gasteiger partial charge in [-0.05, 0) is 40.3 Å². The number of carbonyl (C=O) groups excluding carboxylic acids is 1. The number of carbonyl (C=O) groups is 1. The normalized spacial score (nSPS) is 16.9. The fourth-order valence-corrected chi connectivity index (χ4v) is 3.02.